The van der Waals surface area contributed by atoms with Gasteiger partial charge in [-0.05, 0) is 19.4 Å². The molecule has 4 nitrogen and oxygen atoms in total. The van der Waals surface area contributed by atoms with Crippen LogP contribution in [0.4, 0.5) is 17.6 Å². The van der Waals surface area contributed by atoms with Crippen molar-refractivity contribution in [1.82, 2.24) is 10.6 Å². The third-order valence-corrected chi connectivity index (χ3v) is 3.94. The largest absolute Gasteiger partial charge is 0.384 e. The number of aliphatic hydroxyl groups is 1. The quantitative estimate of drug-likeness (QED) is 0.182. The van der Waals surface area contributed by atoms with Gasteiger partial charge >= 0.3 is 0 Å². The van der Waals surface area contributed by atoms with Gasteiger partial charge in [-0.2, -0.15) is 0 Å². The molecule has 28 heavy (non-hydrogen) atoms. The molecule has 0 aliphatic rings. The van der Waals surface area contributed by atoms with Gasteiger partial charge in [0.25, 0.3) is 0 Å². The van der Waals surface area contributed by atoms with E-state index in [0.717, 1.165) is 0 Å². The van der Waals surface area contributed by atoms with Crippen molar-refractivity contribution in [1.29, 1.82) is 0 Å². The third-order valence-electron chi connectivity index (χ3n) is 3.94. The predicted octanol–water partition coefficient (Wildman–Crippen LogP) is 3.82. The Morgan fingerprint density at radius 3 is 2.14 bits per heavy atom. The summed E-state index contributed by atoms with van der Waals surface area (Å²) in [6, 6.07) is 9.05. The monoisotopic (exact) mass is 511 g/mol. The molecule has 0 radical (unpaired) electrons. The summed E-state index contributed by atoms with van der Waals surface area (Å²) in [6.07, 6.45) is 0. The summed E-state index contributed by atoms with van der Waals surface area (Å²) in [5.41, 5.74) is -1.38. The standard InChI is InChI=1S/C19H21F4N3O.HI/c1-3-24-18(26-11-19(2,27)12-7-5-4-6-8-12)25-10-13-16(22)14(20)9-15(21)17(13)23;/h4-9,27H,3,10-11H2,1-2H3,(H2,24,25,26);1H. The van der Waals surface area contributed by atoms with Crippen LogP contribution in [-0.4, -0.2) is 24.2 Å². The molecular weight excluding hydrogens is 489 g/mol. The molecule has 0 fully saturated rings. The Morgan fingerprint density at radius 1 is 1.04 bits per heavy atom. The van der Waals surface area contributed by atoms with Crippen molar-refractivity contribution in [2.24, 2.45) is 4.99 Å². The number of nitrogens with zero attached hydrogens (tertiary/aromatic N) is 1. The molecule has 0 aliphatic carbocycles. The van der Waals surface area contributed by atoms with E-state index in [1.807, 2.05) is 6.07 Å². The number of guanidine groups is 1. The molecule has 0 spiro atoms. The Balaban J connectivity index is 0.00000392. The van der Waals surface area contributed by atoms with Gasteiger partial charge in [0, 0.05) is 12.6 Å². The highest BCUT2D eigenvalue weighted by atomic mass is 127. The number of nitrogens with one attached hydrogen (secondary N) is 2. The lowest BCUT2D eigenvalue weighted by Crippen LogP contribution is -2.44. The van der Waals surface area contributed by atoms with E-state index in [2.05, 4.69) is 15.6 Å². The van der Waals surface area contributed by atoms with E-state index < -0.39 is 41.0 Å². The molecule has 1 unspecified atom stereocenters. The topological polar surface area (TPSA) is 56.7 Å². The maximum absolute atomic E-state index is 13.7. The van der Waals surface area contributed by atoms with Crippen molar-refractivity contribution in [3.8, 4) is 0 Å². The van der Waals surface area contributed by atoms with E-state index in [9.17, 15) is 22.7 Å². The fourth-order valence-corrected chi connectivity index (χ4v) is 2.42. The van der Waals surface area contributed by atoms with E-state index in [1.54, 1.807) is 38.1 Å². The van der Waals surface area contributed by atoms with Crippen LogP contribution in [0.15, 0.2) is 41.4 Å². The van der Waals surface area contributed by atoms with Crippen LogP contribution in [0.3, 0.4) is 0 Å². The second-order valence-electron chi connectivity index (χ2n) is 6.14. The minimum atomic E-state index is -1.48. The average molecular weight is 511 g/mol. The summed E-state index contributed by atoms with van der Waals surface area (Å²) in [5, 5.41) is 16.3. The number of hydrogen-bond acceptors (Lipinski definition) is 2. The van der Waals surface area contributed by atoms with Crippen LogP contribution in [0.5, 0.6) is 0 Å². The van der Waals surface area contributed by atoms with Crippen LogP contribution in [0.1, 0.15) is 25.0 Å². The molecule has 0 amide bonds. The molecule has 0 bridgehead atoms. The van der Waals surface area contributed by atoms with Crippen LogP contribution in [0.25, 0.3) is 0 Å². The van der Waals surface area contributed by atoms with Gasteiger partial charge in [0.15, 0.2) is 29.2 Å². The summed E-state index contributed by atoms with van der Waals surface area (Å²) < 4.78 is 54.1. The first-order valence-corrected chi connectivity index (χ1v) is 8.38. The highest BCUT2D eigenvalue weighted by Gasteiger charge is 2.23. The van der Waals surface area contributed by atoms with Gasteiger partial charge in [-0.1, -0.05) is 30.3 Å². The summed E-state index contributed by atoms with van der Waals surface area (Å²) in [4.78, 5) is 3.95. The lowest BCUT2D eigenvalue weighted by molar-refractivity contribution is 0.0617. The zero-order valence-corrected chi connectivity index (χ0v) is 17.7. The maximum atomic E-state index is 13.7. The van der Waals surface area contributed by atoms with Gasteiger partial charge in [0.05, 0.1) is 18.7 Å². The molecule has 3 N–H and O–H groups in total. The van der Waals surface area contributed by atoms with Gasteiger partial charge in [-0.3, -0.25) is 0 Å². The first kappa shape index (κ1) is 24.2. The highest BCUT2D eigenvalue weighted by molar-refractivity contribution is 14.0. The fraction of sp³-hybridized carbons (Fsp3) is 0.316. The molecule has 2 aromatic rings. The van der Waals surface area contributed by atoms with Crippen molar-refractivity contribution in [2.75, 3.05) is 13.1 Å². The average Bonchev–Trinajstić information content (AvgIpc) is 2.65. The number of aliphatic imine (C=N–C) groups is 1. The minimum Gasteiger partial charge on any atom is -0.384 e. The molecule has 0 heterocycles. The van der Waals surface area contributed by atoms with Crippen molar-refractivity contribution in [2.45, 2.75) is 26.0 Å². The molecule has 154 valence electrons. The van der Waals surface area contributed by atoms with Gasteiger partial charge in [0.2, 0.25) is 0 Å². The normalized spacial score (nSPS) is 13.5. The summed E-state index contributed by atoms with van der Waals surface area (Å²) in [6.45, 7) is 3.23. The molecular formula is C19H22F4IN3O. The summed E-state index contributed by atoms with van der Waals surface area (Å²) >= 11 is 0. The smallest absolute Gasteiger partial charge is 0.191 e. The van der Waals surface area contributed by atoms with Gasteiger partial charge in [-0.25, -0.2) is 22.6 Å². The van der Waals surface area contributed by atoms with Crippen molar-refractivity contribution in [3.05, 3.63) is 70.8 Å². The fourth-order valence-electron chi connectivity index (χ4n) is 2.42. The van der Waals surface area contributed by atoms with E-state index in [-0.39, 0.29) is 42.5 Å². The second kappa shape index (κ2) is 10.6. The van der Waals surface area contributed by atoms with Gasteiger partial charge in [0.1, 0.15) is 5.60 Å². The van der Waals surface area contributed by atoms with Crippen molar-refractivity contribution in [3.63, 3.8) is 0 Å². The van der Waals surface area contributed by atoms with E-state index in [4.69, 9.17) is 0 Å². The van der Waals surface area contributed by atoms with E-state index >= 15 is 0 Å². The minimum absolute atomic E-state index is 0. The second-order valence-corrected chi connectivity index (χ2v) is 6.14. The zero-order valence-electron chi connectivity index (χ0n) is 15.4. The van der Waals surface area contributed by atoms with Crippen LogP contribution < -0.4 is 10.6 Å². The van der Waals surface area contributed by atoms with Gasteiger partial charge in [-0.15, -0.1) is 24.0 Å². The lowest BCUT2D eigenvalue weighted by Gasteiger charge is -2.25. The number of halogens is 5. The lowest BCUT2D eigenvalue weighted by atomic mass is 9.96. The van der Waals surface area contributed by atoms with Crippen molar-refractivity contribution < 1.29 is 22.7 Å². The number of benzene rings is 2. The Bertz CT molecular complexity index is 790. The Hall–Kier alpha value is -1.88. The summed E-state index contributed by atoms with van der Waals surface area (Å²) in [5.74, 6) is -5.79. The first-order valence-electron chi connectivity index (χ1n) is 8.38. The first-order chi connectivity index (χ1) is 12.8. The molecule has 9 heteroatoms. The molecule has 2 aromatic carbocycles. The zero-order chi connectivity index (χ0) is 20.0. The SMILES string of the molecule is CCNC(=NCc1c(F)c(F)cc(F)c1F)NCC(C)(O)c1ccccc1.I. The Morgan fingerprint density at radius 2 is 1.61 bits per heavy atom. The van der Waals surface area contributed by atoms with E-state index in [0.29, 0.717) is 12.1 Å². The predicted molar refractivity (Wildman–Crippen MR) is 111 cm³/mol. The Labute approximate surface area is 178 Å². The Kier molecular flexibility index (Phi) is 9.15. The van der Waals surface area contributed by atoms with Gasteiger partial charge < -0.3 is 15.7 Å². The molecule has 0 aliphatic heterocycles. The van der Waals surface area contributed by atoms with Crippen LogP contribution in [0.2, 0.25) is 0 Å². The number of rotatable bonds is 6. The molecule has 0 saturated heterocycles. The molecule has 1 atom stereocenters. The van der Waals surface area contributed by atoms with E-state index in [1.165, 1.54) is 0 Å². The maximum Gasteiger partial charge on any atom is 0.191 e. The number of hydrogen-bond donors (Lipinski definition) is 3. The van der Waals surface area contributed by atoms with Crippen LogP contribution in [-0.2, 0) is 12.1 Å². The molecule has 0 aromatic heterocycles. The highest BCUT2D eigenvalue weighted by Crippen LogP contribution is 2.21. The molecule has 0 saturated carbocycles. The van der Waals surface area contributed by atoms with Crippen LogP contribution >= 0.6 is 24.0 Å². The third kappa shape index (κ3) is 6.06. The molecule has 2 rings (SSSR count). The van der Waals surface area contributed by atoms with Crippen LogP contribution in [0, 0.1) is 23.3 Å². The summed E-state index contributed by atoms with van der Waals surface area (Å²) in [7, 11) is 0. The van der Waals surface area contributed by atoms with Crippen molar-refractivity contribution >= 4 is 29.9 Å².